The number of nitrogens with zero attached hydrogens (tertiary/aromatic N) is 2. The zero-order valence-electron chi connectivity index (χ0n) is 12.5. The van der Waals surface area contributed by atoms with Crippen molar-refractivity contribution in [1.29, 1.82) is 0 Å². The van der Waals surface area contributed by atoms with Crippen LogP contribution in [0.15, 0.2) is 18.3 Å². The fourth-order valence-electron chi connectivity index (χ4n) is 2.96. The third-order valence-corrected chi connectivity index (χ3v) is 4.12. The van der Waals surface area contributed by atoms with Gasteiger partial charge in [0.2, 0.25) is 0 Å². The van der Waals surface area contributed by atoms with Gasteiger partial charge < -0.3 is 10.2 Å². The van der Waals surface area contributed by atoms with Gasteiger partial charge in [0.25, 0.3) is 0 Å². The Morgan fingerprint density at radius 3 is 2.79 bits per heavy atom. The van der Waals surface area contributed by atoms with Gasteiger partial charge in [0.15, 0.2) is 0 Å². The molecular formula is C16H27N3. The Hall–Kier alpha value is -1.09. The van der Waals surface area contributed by atoms with Gasteiger partial charge in [-0.3, -0.25) is 4.98 Å². The molecular weight excluding hydrogens is 234 g/mol. The zero-order chi connectivity index (χ0) is 13.7. The highest BCUT2D eigenvalue weighted by Crippen LogP contribution is 2.25. The van der Waals surface area contributed by atoms with E-state index in [1.807, 2.05) is 0 Å². The van der Waals surface area contributed by atoms with E-state index in [0.29, 0.717) is 12.1 Å². The first-order chi connectivity index (χ1) is 9.26. The summed E-state index contributed by atoms with van der Waals surface area (Å²) < 4.78 is 0. The lowest BCUT2D eigenvalue weighted by molar-refractivity contribution is 0.483. The highest BCUT2D eigenvalue weighted by atomic mass is 15.2. The van der Waals surface area contributed by atoms with Gasteiger partial charge in [-0.05, 0) is 51.3 Å². The maximum Gasteiger partial charge on any atom is 0.0574 e. The minimum atomic E-state index is 0.387. The van der Waals surface area contributed by atoms with Gasteiger partial charge in [0.05, 0.1) is 17.6 Å². The zero-order valence-corrected chi connectivity index (χ0v) is 12.5. The monoisotopic (exact) mass is 261 g/mol. The molecule has 2 unspecified atom stereocenters. The second-order valence-corrected chi connectivity index (χ2v) is 5.50. The van der Waals surface area contributed by atoms with E-state index >= 15 is 0 Å². The number of anilines is 1. The Morgan fingerprint density at radius 2 is 2.21 bits per heavy atom. The Kier molecular flexibility index (Phi) is 5.20. The molecule has 2 atom stereocenters. The predicted molar refractivity (Wildman–Crippen MR) is 81.6 cm³/mol. The summed E-state index contributed by atoms with van der Waals surface area (Å²) in [6.45, 7) is 8.83. The van der Waals surface area contributed by atoms with Crippen LogP contribution >= 0.6 is 0 Å². The average molecular weight is 261 g/mol. The van der Waals surface area contributed by atoms with Crippen LogP contribution in [-0.2, 0) is 0 Å². The summed E-state index contributed by atoms with van der Waals surface area (Å²) in [5, 5.41) is 3.48. The van der Waals surface area contributed by atoms with Crippen LogP contribution in [-0.4, -0.2) is 24.1 Å². The summed E-state index contributed by atoms with van der Waals surface area (Å²) >= 11 is 0. The highest BCUT2D eigenvalue weighted by Gasteiger charge is 2.19. The lowest BCUT2D eigenvalue weighted by Crippen LogP contribution is -2.37. The molecule has 1 N–H and O–H groups in total. The van der Waals surface area contributed by atoms with Crippen LogP contribution in [0.1, 0.15) is 58.2 Å². The van der Waals surface area contributed by atoms with Crippen LogP contribution < -0.4 is 10.2 Å². The normalized spacial score (nSPS) is 21.4. The van der Waals surface area contributed by atoms with Crippen LogP contribution in [0.3, 0.4) is 0 Å². The van der Waals surface area contributed by atoms with E-state index in [0.717, 1.165) is 18.7 Å². The van der Waals surface area contributed by atoms with Crippen molar-refractivity contribution in [2.45, 2.75) is 58.5 Å². The summed E-state index contributed by atoms with van der Waals surface area (Å²) in [5.74, 6) is 0. The van der Waals surface area contributed by atoms with Crippen molar-refractivity contribution in [1.82, 2.24) is 10.3 Å². The molecule has 3 nitrogen and oxygen atoms in total. The standard InChI is InChI=1S/C16H27N3/c1-4-15(17-5-2)16-10-9-14(12-18-16)19-11-7-6-8-13(19)3/h9-10,12-13,15,17H,4-8,11H2,1-3H3. The lowest BCUT2D eigenvalue weighted by atomic mass is 10.0. The van der Waals surface area contributed by atoms with E-state index in [1.165, 1.54) is 31.5 Å². The first kappa shape index (κ1) is 14.3. The van der Waals surface area contributed by atoms with E-state index in [-0.39, 0.29) is 0 Å². The molecule has 106 valence electrons. The van der Waals surface area contributed by atoms with Gasteiger partial charge in [0, 0.05) is 18.6 Å². The smallest absolute Gasteiger partial charge is 0.0574 e. The molecule has 0 radical (unpaired) electrons. The predicted octanol–water partition coefficient (Wildman–Crippen LogP) is 3.52. The Balaban J connectivity index is 2.08. The molecule has 1 saturated heterocycles. The highest BCUT2D eigenvalue weighted by molar-refractivity contribution is 5.46. The Bertz CT molecular complexity index is 374. The summed E-state index contributed by atoms with van der Waals surface area (Å²) in [6, 6.07) is 5.47. The summed E-state index contributed by atoms with van der Waals surface area (Å²) in [5.41, 5.74) is 2.44. The number of nitrogens with one attached hydrogen (secondary N) is 1. The van der Waals surface area contributed by atoms with Crippen LogP contribution in [0, 0.1) is 0 Å². The van der Waals surface area contributed by atoms with Gasteiger partial charge in [-0.25, -0.2) is 0 Å². The maximum absolute atomic E-state index is 4.67. The third kappa shape index (κ3) is 3.47. The van der Waals surface area contributed by atoms with Gasteiger partial charge >= 0.3 is 0 Å². The van der Waals surface area contributed by atoms with Gasteiger partial charge in [-0.2, -0.15) is 0 Å². The molecule has 2 heterocycles. The van der Waals surface area contributed by atoms with Gasteiger partial charge in [-0.1, -0.05) is 13.8 Å². The number of hydrogen-bond acceptors (Lipinski definition) is 3. The fourth-order valence-corrected chi connectivity index (χ4v) is 2.96. The van der Waals surface area contributed by atoms with Crippen LogP contribution in [0.4, 0.5) is 5.69 Å². The molecule has 1 fully saturated rings. The minimum absolute atomic E-state index is 0.387. The van der Waals surface area contributed by atoms with Crippen molar-refractivity contribution >= 4 is 5.69 Å². The molecule has 0 aliphatic carbocycles. The van der Waals surface area contributed by atoms with E-state index in [1.54, 1.807) is 0 Å². The van der Waals surface area contributed by atoms with Crippen LogP contribution in [0.2, 0.25) is 0 Å². The summed E-state index contributed by atoms with van der Waals surface area (Å²) in [6.07, 6.45) is 7.11. The van der Waals surface area contributed by atoms with E-state index in [4.69, 9.17) is 0 Å². The molecule has 1 aromatic rings. The second-order valence-electron chi connectivity index (χ2n) is 5.50. The van der Waals surface area contributed by atoms with Crippen molar-refractivity contribution < 1.29 is 0 Å². The number of aromatic nitrogens is 1. The molecule has 0 amide bonds. The molecule has 3 heteroatoms. The second kappa shape index (κ2) is 6.90. The molecule has 0 spiro atoms. The lowest BCUT2D eigenvalue weighted by Gasteiger charge is -2.35. The van der Waals surface area contributed by atoms with Gasteiger partial charge in [0.1, 0.15) is 0 Å². The van der Waals surface area contributed by atoms with E-state index in [2.05, 4.69) is 54.3 Å². The van der Waals surface area contributed by atoms with E-state index < -0.39 is 0 Å². The number of pyridine rings is 1. The minimum Gasteiger partial charge on any atom is -0.368 e. The summed E-state index contributed by atoms with van der Waals surface area (Å²) in [7, 11) is 0. The van der Waals surface area contributed by atoms with E-state index in [9.17, 15) is 0 Å². The number of piperidine rings is 1. The molecule has 0 aromatic carbocycles. The number of rotatable bonds is 5. The maximum atomic E-state index is 4.67. The average Bonchev–Trinajstić information content (AvgIpc) is 2.46. The number of hydrogen-bond donors (Lipinski definition) is 1. The SMILES string of the molecule is CCNC(CC)c1ccc(N2CCCCC2C)cn1. The van der Waals surface area contributed by atoms with Gasteiger partial charge in [-0.15, -0.1) is 0 Å². The topological polar surface area (TPSA) is 28.2 Å². The molecule has 1 aliphatic rings. The molecule has 0 bridgehead atoms. The summed E-state index contributed by atoms with van der Waals surface area (Å²) in [4.78, 5) is 7.17. The first-order valence-corrected chi connectivity index (χ1v) is 7.72. The largest absolute Gasteiger partial charge is 0.368 e. The van der Waals surface area contributed by atoms with Crippen molar-refractivity contribution in [2.24, 2.45) is 0 Å². The van der Waals surface area contributed by atoms with Crippen molar-refractivity contribution in [3.05, 3.63) is 24.0 Å². The Morgan fingerprint density at radius 1 is 1.37 bits per heavy atom. The molecule has 2 rings (SSSR count). The van der Waals surface area contributed by atoms with Crippen LogP contribution in [0.25, 0.3) is 0 Å². The fraction of sp³-hybridized carbons (Fsp3) is 0.688. The van der Waals surface area contributed by atoms with Crippen molar-refractivity contribution in [3.8, 4) is 0 Å². The van der Waals surface area contributed by atoms with Crippen LogP contribution in [0.5, 0.6) is 0 Å². The molecule has 1 aliphatic heterocycles. The Labute approximate surface area is 117 Å². The third-order valence-electron chi connectivity index (χ3n) is 4.12. The van der Waals surface area contributed by atoms with Crippen molar-refractivity contribution in [3.63, 3.8) is 0 Å². The quantitative estimate of drug-likeness (QED) is 0.879. The molecule has 0 saturated carbocycles. The molecule has 1 aromatic heterocycles. The van der Waals surface area contributed by atoms with Crippen molar-refractivity contribution in [2.75, 3.05) is 18.0 Å². The molecule has 19 heavy (non-hydrogen) atoms. The first-order valence-electron chi connectivity index (χ1n) is 7.72.